The Balaban J connectivity index is 0. The molecular weight excluding hydrogens is 104 g/mol. The van der Waals surface area contributed by atoms with Crippen LogP contribution >= 0.6 is 0 Å². The summed E-state index contributed by atoms with van der Waals surface area (Å²) in [6.45, 7) is 0. The molecule has 4 N–H and O–H groups in total. The molecule has 0 aliphatic carbocycles. The third-order valence-electron chi connectivity index (χ3n) is 0.149. The van der Waals surface area contributed by atoms with Crippen molar-refractivity contribution in [3.8, 4) is 0 Å². The molecular formula is CH4N2O4. The number of amides is 1. The summed E-state index contributed by atoms with van der Waals surface area (Å²) in [5.74, 6) is 0. The number of carbonyl (C=O) groups excluding carboxylic acids is 1. The zero-order chi connectivity index (χ0) is 5.15. The van der Waals surface area contributed by atoms with Crippen LogP contribution in [0.1, 0.15) is 0 Å². The lowest BCUT2D eigenvalue weighted by Crippen LogP contribution is -2.28. The maximum Gasteiger partial charge on any atom is 0.401 e. The SMILES string of the molecule is O=C([O-])[N+](=O)[O-].[NH4+]. The summed E-state index contributed by atoms with van der Waals surface area (Å²) in [7, 11) is 0. The molecule has 6 heteroatoms. The van der Waals surface area contributed by atoms with Gasteiger partial charge in [-0.05, 0) is 0 Å². The first-order valence-corrected chi connectivity index (χ1v) is 0.997. The van der Waals surface area contributed by atoms with E-state index in [9.17, 15) is 0 Å². The smallest absolute Gasteiger partial charge is 0.401 e. The van der Waals surface area contributed by atoms with Crippen molar-refractivity contribution in [1.82, 2.24) is 6.15 Å². The van der Waals surface area contributed by atoms with Crippen LogP contribution in [-0.2, 0) is 0 Å². The van der Waals surface area contributed by atoms with Crippen LogP contribution in [-0.4, -0.2) is 11.0 Å². The average molecular weight is 108 g/mol. The minimum atomic E-state index is -2.27. The summed E-state index contributed by atoms with van der Waals surface area (Å²) in [6.07, 6.45) is -2.27. The molecule has 0 saturated carbocycles. The van der Waals surface area contributed by atoms with Crippen molar-refractivity contribution >= 4 is 6.09 Å². The summed E-state index contributed by atoms with van der Waals surface area (Å²) in [5, 5.41) is 17.7. The number of hydrogen-bond acceptors (Lipinski definition) is 4. The van der Waals surface area contributed by atoms with Gasteiger partial charge in [-0.1, -0.05) is 0 Å². The molecule has 0 bridgehead atoms. The molecule has 7 heavy (non-hydrogen) atoms. The van der Waals surface area contributed by atoms with E-state index in [1.165, 1.54) is 0 Å². The van der Waals surface area contributed by atoms with Gasteiger partial charge in [-0.15, -0.1) is 0 Å². The Labute approximate surface area is 38.5 Å². The van der Waals surface area contributed by atoms with Gasteiger partial charge in [-0.3, -0.25) is 10.1 Å². The highest BCUT2D eigenvalue weighted by Gasteiger charge is 1.91. The third-order valence-corrected chi connectivity index (χ3v) is 0.149. The van der Waals surface area contributed by atoms with E-state index in [0.29, 0.717) is 0 Å². The quantitative estimate of drug-likeness (QED) is 0.315. The normalized spacial score (nSPS) is 6.29. The van der Waals surface area contributed by atoms with Gasteiger partial charge in [0.1, 0.15) is 0 Å². The largest absolute Gasteiger partial charge is 0.486 e. The Kier molecular flexibility index (Phi) is 4.02. The number of nitro groups is 1. The molecule has 0 unspecified atom stereocenters. The lowest BCUT2D eigenvalue weighted by Gasteiger charge is -1.81. The molecule has 0 heterocycles. The summed E-state index contributed by atoms with van der Waals surface area (Å²) in [6, 6.07) is 0. The lowest BCUT2D eigenvalue weighted by atomic mass is 11.3. The van der Waals surface area contributed by atoms with Crippen LogP contribution in [0, 0.1) is 10.1 Å². The highest BCUT2D eigenvalue weighted by Crippen LogP contribution is 1.58. The fourth-order valence-corrected chi connectivity index (χ4v) is 0. The number of carboxylic acid groups (broad SMARTS) is 1. The summed E-state index contributed by atoms with van der Waals surface area (Å²) in [4.78, 5) is 16.2. The molecule has 0 aromatic carbocycles. The standard InChI is InChI=1S/CHNO4.H3N/c3-1(4)2(5)6;/h(H,3,4);1H3. The Morgan fingerprint density at radius 1 is 1.57 bits per heavy atom. The first kappa shape index (κ1) is 9.27. The van der Waals surface area contributed by atoms with Crippen molar-refractivity contribution in [2.24, 2.45) is 0 Å². The minimum Gasteiger partial charge on any atom is -0.486 e. The zero-order valence-corrected chi connectivity index (χ0v) is 3.58. The van der Waals surface area contributed by atoms with Gasteiger partial charge in [0.05, 0.1) is 4.92 Å². The van der Waals surface area contributed by atoms with Crippen LogP contribution in [0.4, 0.5) is 4.79 Å². The molecule has 0 aromatic rings. The Morgan fingerprint density at radius 2 is 1.71 bits per heavy atom. The van der Waals surface area contributed by atoms with Crippen molar-refractivity contribution in [3.05, 3.63) is 10.1 Å². The van der Waals surface area contributed by atoms with E-state index in [1.54, 1.807) is 0 Å². The minimum absolute atomic E-state index is 0. The molecule has 1 amide bonds. The molecule has 0 aliphatic rings. The second kappa shape index (κ2) is 3.04. The van der Waals surface area contributed by atoms with Crippen molar-refractivity contribution < 1.29 is 14.8 Å². The second-order valence-electron chi connectivity index (χ2n) is 0.523. The topological polar surface area (TPSA) is 120 Å². The third kappa shape index (κ3) is 4.83. The molecule has 0 spiro atoms. The van der Waals surface area contributed by atoms with Crippen LogP contribution in [0.3, 0.4) is 0 Å². The van der Waals surface area contributed by atoms with Gasteiger partial charge in [-0.2, -0.15) is 0 Å². The summed E-state index contributed by atoms with van der Waals surface area (Å²) in [5.41, 5.74) is 0. The van der Waals surface area contributed by atoms with E-state index in [0.717, 1.165) is 0 Å². The lowest BCUT2D eigenvalue weighted by molar-refractivity contribution is -0.481. The molecule has 0 radical (unpaired) electrons. The van der Waals surface area contributed by atoms with Crippen molar-refractivity contribution in [3.63, 3.8) is 0 Å². The summed E-state index contributed by atoms with van der Waals surface area (Å²) < 4.78 is 0. The van der Waals surface area contributed by atoms with Crippen LogP contribution in [0.5, 0.6) is 0 Å². The van der Waals surface area contributed by atoms with Crippen LogP contribution in [0.2, 0.25) is 0 Å². The first-order valence-electron chi connectivity index (χ1n) is 0.997. The van der Waals surface area contributed by atoms with E-state index in [4.69, 9.17) is 20.0 Å². The van der Waals surface area contributed by atoms with Crippen molar-refractivity contribution in [2.75, 3.05) is 0 Å². The second-order valence-corrected chi connectivity index (χ2v) is 0.523. The fourth-order valence-electron chi connectivity index (χ4n) is 0. The predicted octanol–water partition coefficient (Wildman–Crippen LogP) is -1.02. The number of nitrogens with zero attached hydrogens (tertiary/aromatic N) is 1. The molecule has 6 nitrogen and oxygen atoms in total. The van der Waals surface area contributed by atoms with Gasteiger partial charge in [0.2, 0.25) is 0 Å². The van der Waals surface area contributed by atoms with Gasteiger partial charge in [0.25, 0.3) is 0 Å². The van der Waals surface area contributed by atoms with E-state index < -0.39 is 11.0 Å². The van der Waals surface area contributed by atoms with Crippen LogP contribution in [0.25, 0.3) is 0 Å². The highest BCUT2D eigenvalue weighted by atomic mass is 16.7. The summed E-state index contributed by atoms with van der Waals surface area (Å²) >= 11 is 0. The van der Waals surface area contributed by atoms with Crippen molar-refractivity contribution in [2.45, 2.75) is 0 Å². The predicted molar refractivity (Wildman–Crippen MR) is 18.4 cm³/mol. The van der Waals surface area contributed by atoms with Crippen LogP contribution in [0.15, 0.2) is 0 Å². The zero-order valence-electron chi connectivity index (χ0n) is 3.58. The van der Waals surface area contributed by atoms with Crippen molar-refractivity contribution in [1.29, 1.82) is 0 Å². The molecule has 0 aromatic heterocycles. The Morgan fingerprint density at radius 3 is 1.71 bits per heavy atom. The first-order chi connectivity index (χ1) is 2.64. The van der Waals surface area contributed by atoms with Gasteiger partial charge in [0, 0.05) is 0 Å². The molecule has 0 rings (SSSR count). The number of carbonyl (C=O) groups is 1. The maximum absolute atomic E-state index is 8.89. The molecule has 0 atom stereocenters. The molecule has 0 saturated heterocycles. The van der Waals surface area contributed by atoms with Gasteiger partial charge >= 0.3 is 6.09 Å². The van der Waals surface area contributed by atoms with E-state index >= 15 is 0 Å². The number of hydrogen-bond donors (Lipinski definition) is 1. The molecule has 0 fully saturated rings. The highest BCUT2D eigenvalue weighted by molar-refractivity contribution is 5.51. The molecule has 42 valence electrons. The molecule has 0 aliphatic heterocycles. The Hall–Kier alpha value is -1.17. The Bertz CT molecular complexity index is 75.7. The van der Waals surface area contributed by atoms with Gasteiger partial charge in [0.15, 0.2) is 0 Å². The number of rotatable bonds is 0. The van der Waals surface area contributed by atoms with E-state index in [2.05, 4.69) is 0 Å². The number of quaternary nitrogens is 1. The fraction of sp³-hybridized carbons (Fsp3) is 0. The van der Waals surface area contributed by atoms with E-state index in [-0.39, 0.29) is 6.15 Å². The van der Waals surface area contributed by atoms with Gasteiger partial charge in [-0.25, -0.2) is 0 Å². The maximum atomic E-state index is 8.89. The van der Waals surface area contributed by atoms with Gasteiger partial charge < -0.3 is 16.1 Å². The average Bonchev–Trinajstić information content (AvgIpc) is 1.36. The van der Waals surface area contributed by atoms with E-state index in [1.807, 2.05) is 0 Å². The van der Waals surface area contributed by atoms with Crippen LogP contribution < -0.4 is 11.3 Å². The monoisotopic (exact) mass is 108 g/mol.